The molecule has 2 nitrogen and oxygen atoms in total. The third-order valence-corrected chi connectivity index (χ3v) is 6.34. The van der Waals surface area contributed by atoms with Crippen molar-refractivity contribution in [2.75, 3.05) is 6.54 Å². The Morgan fingerprint density at radius 2 is 1.79 bits per heavy atom. The van der Waals surface area contributed by atoms with Crippen LogP contribution in [-0.4, -0.2) is 12.5 Å². The van der Waals surface area contributed by atoms with Gasteiger partial charge < -0.3 is 5.32 Å². The quantitative estimate of drug-likeness (QED) is 0.702. The first-order valence-corrected chi connectivity index (χ1v) is 9.46. The summed E-state index contributed by atoms with van der Waals surface area (Å²) in [5, 5.41) is 7.50. The Balaban J connectivity index is 1.57. The molecule has 0 aliphatic heterocycles. The molecule has 0 spiro atoms. The first kappa shape index (κ1) is 15.4. The van der Waals surface area contributed by atoms with Gasteiger partial charge in [0.2, 0.25) is 0 Å². The van der Waals surface area contributed by atoms with E-state index in [9.17, 15) is 4.79 Å². The summed E-state index contributed by atoms with van der Waals surface area (Å²) >= 11 is 1.82. The molecule has 3 aromatic rings. The van der Waals surface area contributed by atoms with E-state index in [4.69, 9.17) is 0 Å². The smallest absolute Gasteiger partial charge is 0.251 e. The molecule has 1 amide bonds. The van der Waals surface area contributed by atoms with Crippen LogP contribution in [0.5, 0.6) is 0 Å². The van der Waals surface area contributed by atoms with Crippen molar-refractivity contribution in [2.45, 2.75) is 31.1 Å². The van der Waals surface area contributed by atoms with E-state index in [1.807, 2.05) is 41.7 Å². The van der Waals surface area contributed by atoms with Crippen LogP contribution in [0.15, 0.2) is 60.0 Å². The molecule has 1 aliphatic carbocycles. The molecular weight excluding hydrogens is 314 g/mol. The average molecular weight is 335 g/mol. The molecule has 0 radical (unpaired) electrons. The van der Waals surface area contributed by atoms with E-state index in [1.54, 1.807) is 0 Å². The molecule has 2 aromatic carbocycles. The van der Waals surface area contributed by atoms with Crippen LogP contribution >= 0.6 is 11.3 Å². The second kappa shape index (κ2) is 6.40. The molecule has 0 atom stereocenters. The standard InChI is InChI=1S/C21H21NOS/c23-20(18-10-5-8-16-7-1-2-9-17(16)18)22-15-21(12-3-4-13-21)19-11-6-14-24-19/h1-2,5-11,14H,3-4,12-13,15H2,(H,22,23). The zero-order valence-corrected chi connectivity index (χ0v) is 14.4. The predicted molar refractivity (Wildman–Crippen MR) is 101 cm³/mol. The van der Waals surface area contributed by atoms with Crippen molar-refractivity contribution >= 4 is 28.0 Å². The van der Waals surface area contributed by atoms with Gasteiger partial charge in [0.1, 0.15) is 0 Å². The van der Waals surface area contributed by atoms with Crippen LogP contribution in [0.3, 0.4) is 0 Å². The zero-order chi connectivity index (χ0) is 16.4. The van der Waals surface area contributed by atoms with Gasteiger partial charge in [0, 0.05) is 22.4 Å². The summed E-state index contributed by atoms with van der Waals surface area (Å²) in [5.74, 6) is 0.0367. The topological polar surface area (TPSA) is 29.1 Å². The Bertz CT molecular complexity index is 842. The summed E-state index contributed by atoms with van der Waals surface area (Å²) in [7, 11) is 0. The normalized spacial score (nSPS) is 16.3. The van der Waals surface area contributed by atoms with Crippen LogP contribution in [0, 0.1) is 0 Å². The fourth-order valence-electron chi connectivity index (χ4n) is 3.91. The molecule has 1 aromatic heterocycles. The summed E-state index contributed by atoms with van der Waals surface area (Å²) in [5.41, 5.74) is 0.904. The van der Waals surface area contributed by atoms with Crippen LogP contribution in [0.25, 0.3) is 10.8 Å². The Hall–Kier alpha value is -2.13. The highest BCUT2D eigenvalue weighted by Gasteiger charge is 2.36. The average Bonchev–Trinajstić information content (AvgIpc) is 3.31. The third kappa shape index (κ3) is 2.73. The summed E-state index contributed by atoms with van der Waals surface area (Å²) < 4.78 is 0. The Labute approximate surface area is 146 Å². The maximum atomic E-state index is 12.8. The molecule has 3 heteroatoms. The van der Waals surface area contributed by atoms with Crippen molar-refractivity contribution in [3.8, 4) is 0 Å². The molecule has 122 valence electrons. The number of carbonyl (C=O) groups excluding carboxylic acids is 1. The number of carbonyl (C=O) groups is 1. The molecule has 1 aliphatic rings. The second-order valence-electron chi connectivity index (χ2n) is 6.67. The Morgan fingerprint density at radius 1 is 1.00 bits per heavy atom. The lowest BCUT2D eigenvalue weighted by atomic mass is 9.84. The van der Waals surface area contributed by atoms with Crippen molar-refractivity contribution in [3.63, 3.8) is 0 Å². The van der Waals surface area contributed by atoms with Crippen LogP contribution in [-0.2, 0) is 5.41 Å². The molecule has 0 bridgehead atoms. The molecule has 4 rings (SSSR count). The fourth-order valence-corrected chi connectivity index (χ4v) is 4.90. The molecule has 24 heavy (non-hydrogen) atoms. The largest absolute Gasteiger partial charge is 0.351 e. The molecular formula is C21H21NOS. The highest BCUT2D eigenvalue weighted by molar-refractivity contribution is 7.10. The van der Waals surface area contributed by atoms with Crippen LogP contribution in [0.4, 0.5) is 0 Å². The van der Waals surface area contributed by atoms with Gasteiger partial charge in [0.05, 0.1) is 0 Å². The number of hydrogen-bond acceptors (Lipinski definition) is 2. The minimum absolute atomic E-state index is 0.0367. The first-order chi connectivity index (χ1) is 11.8. The summed E-state index contributed by atoms with van der Waals surface area (Å²) in [4.78, 5) is 14.2. The zero-order valence-electron chi connectivity index (χ0n) is 13.6. The van der Waals surface area contributed by atoms with Crippen molar-refractivity contribution < 1.29 is 4.79 Å². The van der Waals surface area contributed by atoms with Gasteiger partial charge in [0.25, 0.3) is 5.91 Å². The minimum Gasteiger partial charge on any atom is -0.351 e. The van der Waals surface area contributed by atoms with Gasteiger partial charge in [-0.1, -0.05) is 55.3 Å². The van der Waals surface area contributed by atoms with Gasteiger partial charge in [0.15, 0.2) is 0 Å². The van der Waals surface area contributed by atoms with Crippen LogP contribution < -0.4 is 5.32 Å². The predicted octanol–water partition coefficient (Wildman–Crippen LogP) is 5.14. The van der Waals surface area contributed by atoms with Crippen molar-refractivity contribution in [2.24, 2.45) is 0 Å². The number of nitrogens with one attached hydrogen (secondary N) is 1. The maximum absolute atomic E-state index is 12.8. The van der Waals surface area contributed by atoms with Crippen molar-refractivity contribution in [1.29, 1.82) is 0 Å². The number of fused-ring (bicyclic) bond motifs is 1. The van der Waals surface area contributed by atoms with E-state index in [1.165, 1.54) is 30.6 Å². The Morgan fingerprint density at radius 3 is 2.58 bits per heavy atom. The van der Waals surface area contributed by atoms with E-state index in [-0.39, 0.29) is 11.3 Å². The number of hydrogen-bond donors (Lipinski definition) is 1. The molecule has 0 saturated heterocycles. The molecule has 1 saturated carbocycles. The van der Waals surface area contributed by atoms with Gasteiger partial charge in [-0.3, -0.25) is 4.79 Å². The second-order valence-corrected chi connectivity index (χ2v) is 7.62. The van der Waals surface area contributed by atoms with E-state index in [0.717, 1.165) is 22.9 Å². The SMILES string of the molecule is O=C(NCC1(c2cccs2)CCCC1)c1cccc2ccccc12. The minimum atomic E-state index is 0.0367. The molecule has 0 unspecified atom stereocenters. The third-order valence-electron chi connectivity index (χ3n) is 5.23. The van der Waals surface area contributed by atoms with Gasteiger partial charge >= 0.3 is 0 Å². The highest BCUT2D eigenvalue weighted by Crippen LogP contribution is 2.42. The van der Waals surface area contributed by atoms with E-state index in [2.05, 4.69) is 35.0 Å². The van der Waals surface area contributed by atoms with Crippen molar-refractivity contribution in [3.05, 3.63) is 70.4 Å². The summed E-state index contributed by atoms with van der Waals surface area (Å²) in [6.45, 7) is 0.732. The molecule has 1 N–H and O–H groups in total. The summed E-state index contributed by atoms with van der Waals surface area (Å²) in [6, 6.07) is 18.3. The fraction of sp³-hybridized carbons (Fsp3) is 0.286. The van der Waals surface area contributed by atoms with E-state index in [0.29, 0.717) is 0 Å². The van der Waals surface area contributed by atoms with Gasteiger partial charge in [-0.25, -0.2) is 0 Å². The lowest BCUT2D eigenvalue weighted by Crippen LogP contribution is -2.38. The van der Waals surface area contributed by atoms with Gasteiger partial charge in [-0.2, -0.15) is 0 Å². The van der Waals surface area contributed by atoms with Crippen molar-refractivity contribution in [1.82, 2.24) is 5.32 Å². The number of thiophene rings is 1. The molecule has 1 fully saturated rings. The Kier molecular flexibility index (Phi) is 4.11. The first-order valence-electron chi connectivity index (χ1n) is 8.58. The summed E-state index contributed by atoms with van der Waals surface area (Å²) in [6.07, 6.45) is 4.84. The van der Waals surface area contributed by atoms with Gasteiger partial charge in [-0.05, 0) is 41.1 Å². The number of benzene rings is 2. The van der Waals surface area contributed by atoms with Gasteiger partial charge in [-0.15, -0.1) is 11.3 Å². The lowest BCUT2D eigenvalue weighted by Gasteiger charge is -2.28. The van der Waals surface area contributed by atoms with Crippen LogP contribution in [0.1, 0.15) is 40.9 Å². The van der Waals surface area contributed by atoms with E-state index < -0.39 is 0 Å². The number of amides is 1. The molecule has 1 heterocycles. The monoisotopic (exact) mass is 335 g/mol. The highest BCUT2D eigenvalue weighted by atomic mass is 32.1. The maximum Gasteiger partial charge on any atom is 0.251 e. The van der Waals surface area contributed by atoms with E-state index >= 15 is 0 Å². The van der Waals surface area contributed by atoms with Crippen LogP contribution in [0.2, 0.25) is 0 Å². The lowest BCUT2D eigenvalue weighted by molar-refractivity contribution is 0.0945. The number of rotatable bonds is 4.